The van der Waals surface area contributed by atoms with Gasteiger partial charge in [0.1, 0.15) is 11.1 Å². The summed E-state index contributed by atoms with van der Waals surface area (Å²) in [6.45, 7) is 0.408. The molecule has 3 rings (SSSR count). The second kappa shape index (κ2) is 7.71. The molecule has 1 aromatic heterocycles. The Kier molecular flexibility index (Phi) is 5.54. The maximum Gasteiger partial charge on any atom is 0.451 e. The number of piperidine rings is 1. The quantitative estimate of drug-likeness (QED) is 0.632. The Hall–Kier alpha value is -2.36. The first-order valence-corrected chi connectivity index (χ1v) is 9.31. The molecule has 1 fully saturated rings. The molecule has 0 aliphatic carbocycles. The number of hydrogen-bond donors (Lipinski definition) is 1. The number of benzene rings is 1. The van der Waals surface area contributed by atoms with Crippen molar-refractivity contribution in [3.63, 3.8) is 0 Å². The van der Waals surface area contributed by atoms with E-state index in [2.05, 4.69) is 9.97 Å². The van der Waals surface area contributed by atoms with E-state index in [1.54, 1.807) is 18.2 Å². The molecule has 0 saturated carbocycles. The SMILES string of the molecule is NC(=O)C1CCCCN1C(=O)CSc1nc(C(F)(F)F)nc2ccccc12. The third kappa shape index (κ3) is 4.32. The Morgan fingerprint density at radius 1 is 1.22 bits per heavy atom. The first kappa shape index (κ1) is 19.4. The van der Waals surface area contributed by atoms with Crippen LogP contribution in [0, 0.1) is 0 Å². The van der Waals surface area contributed by atoms with Crippen LogP contribution in [0.2, 0.25) is 0 Å². The minimum absolute atomic E-state index is 0.0777. The fourth-order valence-electron chi connectivity index (χ4n) is 3.02. The highest BCUT2D eigenvalue weighted by Gasteiger charge is 2.36. The minimum Gasteiger partial charge on any atom is -0.368 e. The number of nitrogens with two attached hydrogens (primary N) is 1. The third-order valence-electron chi connectivity index (χ3n) is 4.31. The summed E-state index contributed by atoms with van der Waals surface area (Å²) in [5.74, 6) is -2.30. The summed E-state index contributed by atoms with van der Waals surface area (Å²) in [7, 11) is 0. The Bertz CT molecular complexity index is 875. The van der Waals surface area contributed by atoms with Crippen molar-refractivity contribution < 1.29 is 22.8 Å². The molecular weight excluding hydrogens is 381 g/mol. The van der Waals surface area contributed by atoms with Crippen LogP contribution in [0.1, 0.15) is 25.1 Å². The van der Waals surface area contributed by atoms with Crippen LogP contribution in [-0.4, -0.2) is 45.0 Å². The summed E-state index contributed by atoms with van der Waals surface area (Å²) in [5, 5.41) is 0.516. The fraction of sp³-hybridized carbons (Fsp3) is 0.412. The number of hydrogen-bond acceptors (Lipinski definition) is 5. The van der Waals surface area contributed by atoms with Crippen molar-refractivity contribution in [3.8, 4) is 0 Å². The molecule has 6 nitrogen and oxygen atoms in total. The van der Waals surface area contributed by atoms with Crippen LogP contribution in [0.15, 0.2) is 29.3 Å². The molecular formula is C17H17F3N4O2S. The number of amides is 2. The van der Waals surface area contributed by atoms with Gasteiger partial charge in [0.15, 0.2) is 0 Å². The molecule has 27 heavy (non-hydrogen) atoms. The van der Waals surface area contributed by atoms with Crippen molar-refractivity contribution in [1.82, 2.24) is 14.9 Å². The summed E-state index contributed by atoms with van der Waals surface area (Å²) in [4.78, 5) is 32.7. The molecule has 0 spiro atoms. The Morgan fingerprint density at radius 2 is 1.96 bits per heavy atom. The lowest BCUT2D eigenvalue weighted by Gasteiger charge is -2.33. The highest BCUT2D eigenvalue weighted by Crippen LogP contribution is 2.32. The summed E-state index contributed by atoms with van der Waals surface area (Å²) in [6, 6.07) is 5.65. The Balaban J connectivity index is 1.84. The molecule has 2 N–H and O–H groups in total. The van der Waals surface area contributed by atoms with E-state index in [0.29, 0.717) is 18.4 Å². The van der Waals surface area contributed by atoms with Crippen molar-refractivity contribution in [2.24, 2.45) is 5.73 Å². The average molecular weight is 398 g/mol. The van der Waals surface area contributed by atoms with Crippen molar-refractivity contribution >= 4 is 34.5 Å². The number of carbonyl (C=O) groups is 2. The number of alkyl halides is 3. The number of aromatic nitrogens is 2. The number of nitrogens with zero attached hydrogens (tertiary/aromatic N) is 3. The standard InChI is InChI=1S/C17H17F3N4O2S/c18-17(19,20)16-22-11-6-2-1-5-10(11)15(23-16)27-9-13(25)24-8-4-3-7-12(24)14(21)26/h1-2,5-6,12H,3-4,7-9H2,(H2,21,26). The molecule has 1 atom stereocenters. The van der Waals surface area contributed by atoms with Crippen LogP contribution in [0.5, 0.6) is 0 Å². The van der Waals surface area contributed by atoms with Gasteiger partial charge in [0.2, 0.25) is 17.6 Å². The van der Waals surface area contributed by atoms with Gasteiger partial charge < -0.3 is 10.6 Å². The zero-order valence-corrected chi connectivity index (χ0v) is 15.0. The van der Waals surface area contributed by atoms with Crippen LogP contribution in [0.25, 0.3) is 10.9 Å². The Labute approximate surface area is 157 Å². The number of primary amides is 1. The molecule has 10 heteroatoms. The topological polar surface area (TPSA) is 89.2 Å². The molecule has 0 bridgehead atoms. The number of para-hydroxylation sites is 1. The average Bonchev–Trinajstić information content (AvgIpc) is 2.64. The van der Waals surface area contributed by atoms with Gasteiger partial charge in [0.05, 0.1) is 11.3 Å². The van der Waals surface area contributed by atoms with Gasteiger partial charge >= 0.3 is 6.18 Å². The summed E-state index contributed by atoms with van der Waals surface area (Å²) in [6.07, 6.45) is -2.63. The van der Waals surface area contributed by atoms with Crippen LogP contribution >= 0.6 is 11.8 Å². The van der Waals surface area contributed by atoms with E-state index < -0.39 is 23.9 Å². The molecule has 1 aromatic carbocycles. The van der Waals surface area contributed by atoms with E-state index in [-0.39, 0.29) is 22.2 Å². The first-order chi connectivity index (χ1) is 12.8. The van der Waals surface area contributed by atoms with Crippen molar-refractivity contribution in [2.45, 2.75) is 36.5 Å². The highest BCUT2D eigenvalue weighted by molar-refractivity contribution is 8.00. The largest absolute Gasteiger partial charge is 0.451 e. The van der Waals surface area contributed by atoms with Gasteiger partial charge in [-0.1, -0.05) is 30.0 Å². The zero-order chi connectivity index (χ0) is 19.6. The number of fused-ring (bicyclic) bond motifs is 1. The van der Waals surface area contributed by atoms with Gasteiger partial charge in [-0.05, 0) is 25.3 Å². The molecule has 2 amide bonds. The maximum absolute atomic E-state index is 13.1. The van der Waals surface area contributed by atoms with E-state index in [4.69, 9.17) is 5.73 Å². The fourth-order valence-corrected chi connectivity index (χ4v) is 3.93. The van der Waals surface area contributed by atoms with Gasteiger partial charge in [-0.2, -0.15) is 13.2 Å². The first-order valence-electron chi connectivity index (χ1n) is 8.33. The predicted molar refractivity (Wildman–Crippen MR) is 93.8 cm³/mol. The van der Waals surface area contributed by atoms with Gasteiger partial charge in [-0.3, -0.25) is 9.59 Å². The summed E-state index contributed by atoms with van der Waals surface area (Å²) >= 11 is 0.901. The molecule has 1 unspecified atom stereocenters. The van der Waals surface area contributed by atoms with Crippen molar-refractivity contribution in [2.75, 3.05) is 12.3 Å². The second-order valence-electron chi connectivity index (χ2n) is 6.16. The van der Waals surface area contributed by atoms with Crippen LogP contribution in [0.4, 0.5) is 13.2 Å². The molecule has 1 aliphatic heterocycles. The van der Waals surface area contributed by atoms with Crippen molar-refractivity contribution in [3.05, 3.63) is 30.1 Å². The third-order valence-corrected chi connectivity index (χ3v) is 5.28. The number of thioether (sulfide) groups is 1. The van der Waals surface area contributed by atoms with E-state index in [0.717, 1.165) is 24.6 Å². The number of carbonyl (C=O) groups excluding carboxylic acids is 2. The molecule has 2 aromatic rings. The van der Waals surface area contributed by atoms with E-state index >= 15 is 0 Å². The second-order valence-corrected chi connectivity index (χ2v) is 7.12. The van der Waals surface area contributed by atoms with E-state index in [1.807, 2.05) is 0 Å². The summed E-state index contributed by atoms with van der Waals surface area (Å²) in [5.41, 5.74) is 5.51. The van der Waals surface area contributed by atoms with Crippen molar-refractivity contribution in [1.29, 1.82) is 0 Å². The summed E-state index contributed by atoms with van der Waals surface area (Å²) < 4.78 is 39.2. The molecule has 144 valence electrons. The highest BCUT2D eigenvalue weighted by atomic mass is 32.2. The van der Waals surface area contributed by atoms with Crippen LogP contribution < -0.4 is 5.73 Å². The molecule has 0 radical (unpaired) electrons. The minimum atomic E-state index is -4.69. The molecule has 2 heterocycles. The van der Waals surface area contributed by atoms with E-state index in [9.17, 15) is 22.8 Å². The lowest BCUT2D eigenvalue weighted by molar-refractivity contribution is -0.145. The lowest BCUT2D eigenvalue weighted by Crippen LogP contribution is -2.51. The number of rotatable bonds is 4. The number of halogens is 3. The number of likely N-dealkylation sites (tertiary alicyclic amines) is 1. The van der Waals surface area contributed by atoms with E-state index in [1.165, 1.54) is 11.0 Å². The van der Waals surface area contributed by atoms with Gasteiger partial charge in [-0.25, -0.2) is 9.97 Å². The van der Waals surface area contributed by atoms with Gasteiger partial charge in [0, 0.05) is 11.9 Å². The maximum atomic E-state index is 13.1. The predicted octanol–water partition coefficient (Wildman–Crippen LogP) is 2.61. The van der Waals surface area contributed by atoms with Gasteiger partial charge in [-0.15, -0.1) is 0 Å². The smallest absolute Gasteiger partial charge is 0.368 e. The lowest BCUT2D eigenvalue weighted by atomic mass is 10.0. The molecule has 1 aliphatic rings. The zero-order valence-electron chi connectivity index (χ0n) is 14.2. The molecule has 1 saturated heterocycles. The van der Waals surface area contributed by atoms with Crippen LogP contribution in [-0.2, 0) is 15.8 Å². The normalized spacial score (nSPS) is 17.9. The monoisotopic (exact) mass is 398 g/mol. The van der Waals surface area contributed by atoms with Gasteiger partial charge in [0.25, 0.3) is 0 Å². The Morgan fingerprint density at radius 3 is 2.67 bits per heavy atom. The van der Waals surface area contributed by atoms with Crippen LogP contribution in [0.3, 0.4) is 0 Å².